The van der Waals surface area contributed by atoms with Crippen LogP contribution in [0.4, 0.5) is 0 Å². The SMILES string of the molecule is NC1CC1(C(=O)O)c1ccccc1. The molecule has 68 valence electrons. The highest BCUT2D eigenvalue weighted by atomic mass is 16.4. The summed E-state index contributed by atoms with van der Waals surface area (Å²) in [6, 6.07) is 8.96. The van der Waals surface area contributed by atoms with E-state index in [2.05, 4.69) is 0 Å². The molecule has 0 radical (unpaired) electrons. The van der Waals surface area contributed by atoms with Crippen molar-refractivity contribution < 1.29 is 9.90 Å². The van der Waals surface area contributed by atoms with Crippen LogP contribution in [-0.4, -0.2) is 17.1 Å². The Morgan fingerprint density at radius 1 is 1.46 bits per heavy atom. The van der Waals surface area contributed by atoms with Crippen LogP contribution in [0.2, 0.25) is 0 Å². The monoisotopic (exact) mass is 177 g/mol. The summed E-state index contributed by atoms with van der Waals surface area (Å²) in [5, 5.41) is 9.05. The average Bonchev–Trinajstić information content (AvgIpc) is 2.80. The normalized spacial score (nSPS) is 31.3. The molecule has 0 heterocycles. The van der Waals surface area contributed by atoms with E-state index >= 15 is 0 Å². The average molecular weight is 177 g/mol. The minimum atomic E-state index is -0.814. The number of nitrogens with two attached hydrogens (primary N) is 1. The van der Waals surface area contributed by atoms with E-state index in [0.29, 0.717) is 6.42 Å². The molecule has 3 nitrogen and oxygen atoms in total. The van der Waals surface area contributed by atoms with Gasteiger partial charge in [0.25, 0.3) is 0 Å². The van der Waals surface area contributed by atoms with E-state index in [1.807, 2.05) is 30.3 Å². The lowest BCUT2D eigenvalue weighted by molar-refractivity contribution is -0.140. The summed E-state index contributed by atoms with van der Waals surface area (Å²) in [5.41, 5.74) is 5.66. The lowest BCUT2D eigenvalue weighted by Crippen LogP contribution is -2.27. The summed E-state index contributed by atoms with van der Waals surface area (Å²) < 4.78 is 0. The van der Waals surface area contributed by atoms with Gasteiger partial charge in [-0.1, -0.05) is 30.3 Å². The second-order valence-corrected chi connectivity index (χ2v) is 3.45. The molecular weight excluding hydrogens is 166 g/mol. The minimum Gasteiger partial charge on any atom is -0.481 e. The number of carboxylic acids is 1. The molecule has 0 spiro atoms. The largest absolute Gasteiger partial charge is 0.481 e. The van der Waals surface area contributed by atoms with Gasteiger partial charge < -0.3 is 10.8 Å². The van der Waals surface area contributed by atoms with E-state index < -0.39 is 11.4 Å². The van der Waals surface area contributed by atoms with Gasteiger partial charge in [0.15, 0.2) is 0 Å². The van der Waals surface area contributed by atoms with Crippen molar-refractivity contribution in [2.75, 3.05) is 0 Å². The van der Waals surface area contributed by atoms with Crippen LogP contribution in [0.1, 0.15) is 12.0 Å². The molecule has 1 aliphatic rings. The molecule has 0 saturated heterocycles. The third-order valence-electron chi connectivity index (χ3n) is 2.69. The highest BCUT2D eigenvalue weighted by Gasteiger charge is 2.59. The molecular formula is C10H11NO2. The Labute approximate surface area is 76.2 Å². The van der Waals surface area contributed by atoms with Gasteiger partial charge in [0, 0.05) is 6.04 Å². The van der Waals surface area contributed by atoms with Crippen LogP contribution in [-0.2, 0) is 10.2 Å². The highest BCUT2D eigenvalue weighted by Crippen LogP contribution is 2.47. The molecule has 2 rings (SSSR count). The number of carbonyl (C=O) groups is 1. The fourth-order valence-corrected chi connectivity index (χ4v) is 1.72. The van der Waals surface area contributed by atoms with E-state index in [1.54, 1.807) is 0 Å². The van der Waals surface area contributed by atoms with Gasteiger partial charge in [-0.3, -0.25) is 4.79 Å². The molecule has 1 aromatic rings. The van der Waals surface area contributed by atoms with E-state index in [0.717, 1.165) is 5.56 Å². The fourth-order valence-electron chi connectivity index (χ4n) is 1.72. The standard InChI is InChI=1S/C10H11NO2/c11-8-6-10(8,9(12)13)7-4-2-1-3-5-7/h1-5,8H,6,11H2,(H,12,13). The molecule has 1 aliphatic carbocycles. The first-order valence-corrected chi connectivity index (χ1v) is 4.22. The van der Waals surface area contributed by atoms with Gasteiger partial charge in [0.05, 0.1) is 0 Å². The molecule has 0 amide bonds. The maximum Gasteiger partial charge on any atom is 0.315 e. The van der Waals surface area contributed by atoms with E-state index in [4.69, 9.17) is 10.8 Å². The molecule has 2 unspecified atom stereocenters. The van der Waals surface area contributed by atoms with Crippen molar-refractivity contribution in [1.29, 1.82) is 0 Å². The first-order chi connectivity index (χ1) is 6.18. The van der Waals surface area contributed by atoms with Crippen molar-refractivity contribution in [3.63, 3.8) is 0 Å². The first-order valence-electron chi connectivity index (χ1n) is 4.22. The van der Waals surface area contributed by atoms with E-state index in [9.17, 15) is 4.79 Å². The zero-order chi connectivity index (χ0) is 9.47. The quantitative estimate of drug-likeness (QED) is 0.700. The van der Waals surface area contributed by atoms with Crippen molar-refractivity contribution in [1.82, 2.24) is 0 Å². The number of rotatable bonds is 2. The third-order valence-corrected chi connectivity index (χ3v) is 2.69. The maximum absolute atomic E-state index is 11.0. The number of hydrogen-bond acceptors (Lipinski definition) is 2. The first kappa shape index (κ1) is 8.26. The van der Waals surface area contributed by atoms with E-state index in [1.165, 1.54) is 0 Å². The zero-order valence-electron chi connectivity index (χ0n) is 7.10. The molecule has 2 atom stereocenters. The Hall–Kier alpha value is -1.35. The van der Waals surface area contributed by atoms with Gasteiger partial charge in [-0.2, -0.15) is 0 Å². The molecule has 3 heteroatoms. The van der Waals surface area contributed by atoms with Crippen molar-refractivity contribution in [3.8, 4) is 0 Å². The summed E-state index contributed by atoms with van der Waals surface area (Å²) in [7, 11) is 0. The van der Waals surface area contributed by atoms with Gasteiger partial charge >= 0.3 is 5.97 Å². The number of aliphatic carboxylic acids is 1. The predicted molar refractivity (Wildman–Crippen MR) is 48.3 cm³/mol. The van der Waals surface area contributed by atoms with E-state index in [-0.39, 0.29) is 6.04 Å². The highest BCUT2D eigenvalue weighted by molar-refractivity contribution is 5.86. The summed E-state index contributed by atoms with van der Waals surface area (Å²) in [6.07, 6.45) is 0.548. The molecule has 1 aromatic carbocycles. The minimum absolute atomic E-state index is 0.229. The maximum atomic E-state index is 11.0. The van der Waals surface area contributed by atoms with Gasteiger partial charge in [0.1, 0.15) is 5.41 Å². The van der Waals surface area contributed by atoms with Crippen molar-refractivity contribution >= 4 is 5.97 Å². The van der Waals surface area contributed by atoms with Crippen LogP contribution in [0, 0.1) is 0 Å². The number of carboxylic acid groups (broad SMARTS) is 1. The second kappa shape index (κ2) is 2.57. The number of hydrogen-bond donors (Lipinski definition) is 2. The smallest absolute Gasteiger partial charge is 0.315 e. The van der Waals surface area contributed by atoms with Crippen LogP contribution in [0.5, 0.6) is 0 Å². The Kier molecular flexibility index (Phi) is 1.63. The van der Waals surface area contributed by atoms with Crippen molar-refractivity contribution in [2.45, 2.75) is 17.9 Å². The topological polar surface area (TPSA) is 63.3 Å². The van der Waals surface area contributed by atoms with Gasteiger partial charge in [0.2, 0.25) is 0 Å². The van der Waals surface area contributed by atoms with Crippen molar-refractivity contribution in [3.05, 3.63) is 35.9 Å². The van der Waals surface area contributed by atoms with Crippen LogP contribution in [0.3, 0.4) is 0 Å². The fraction of sp³-hybridized carbons (Fsp3) is 0.300. The Bertz CT molecular complexity index is 336. The Morgan fingerprint density at radius 2 is 2.00 bits per heavy atom. The molecule has 0 aliphatic heterocycles. The summed E-state index contributed by atoms with van der Waals surface area (Å²) in [4.78, 5) is 11.0. The zero-order valence-corrected chi connectivity index (χ0v) is 7.10. The molecule has 1 saturated carbocycles. The molecule has 3 N–H and O–H groups in total. The Morgan fingerprint density at radius 3 is 2.38 bits per heavy atom. The molecule has 0 bridgehead atoms. The molecule has 0 aromatic heterocycles. The van der Waals surface area contributed by atoms with Crippen LogP contribution < -0.4 is 5.73 Å². The number of benzene rings is 1. The Balaban J connectivity index is 2.40. The van der Waals surface area contributed by atoms with Gasteiger partial charge in [-0.25, -0.2) is 0 Å². The van der Waals surface area contributed by atoms with Crippen LogP contribution in [0.25, 0.3) is 0 Å². The summed E-state index contributed by atoms with van der Waals surface area (Å²) >= 11 is 0. The third kappa shape index (κ3) is 1.04. The lowest BCUT2D eigenvalue weighted by atomic mass is 9.95. The van der Waals surface area contributed by atoms with Gasteiger partial charge in [-0.15, -0.1) is 0 Å². The molecule has 1 fully saturated rings. The summed E-state index contributed by atoms with van der Waals surface area (Å²) in [5.74, 6) is -0.814. The summed E-state index contributed by atoms with van der Waals surface area (Å²) in [6.45, 7) is 0. The van der Waals surface area contributed by atoms with Crippen LogP contribution in [0.15, 0.2) is 30.3 Å². The second-order valence-electron chi connectivity index (χ2n) is 3.45. The predicted octanol–water partition coefficient (Wildman–Crippen LogP) is 0.740. The van der Waals surface area contributed by atoms with Gasteiger partial charge in [-0.05, 0) is 12.0 Å². The molecule has 13 heavy (non-hydrogen) atoms. The van der Waals surface area contributed by atoms with Crippen LogP contribution >= 0.6 is 0 Å². The van der Waals surface area contributed by atoms with Crippen molar-refractivity contribution in [2.24, 2.45) is 5.73 Å². The lowest BCUT2D eigenvalue weighted by Gasteiger charge is -2.10.